The second-order valence-corrected chi connectivity index (χ2v) is 4.36. The molecule has 0 fully saturated rings. The number of nitrogens with zero attached hydrogens (tertiary/aromatic N) is 2. The second kappa shape index (κ2) is 4.38. The molecule has 0 bridgehead atoms. The number of aromatic nitrogens is 3. The first-order valence-electron chi connectivity index (χ1n) is 5.45. The van der Waals surface area contributed by atoms with Crippen LogP contribution < -0.4 is 0 Å². The molecule has 0 aliphatic rings. The molecule has 3 nitrogen and oxygen atoms in total. The Bertz CT molecular complexity index is 655. The molecule has 1 N–H and O–H groups in total. The number of imidazole rings is 1. The van der Waals surface area contributed by atoms with Gasteiger partial charge in [-0.2, -0.15) is 0 Å². The zero-order valence-electron chi connectivity index (χ0n) is 9.32. The van der Waals surface area contributed by atoms with Crippen molar-refractivity contribution >= 4 is 22.6 Å². The van der Waals surface area contributed by atoms with Gasteiger partial charge in [0.1, 0.15) is 11.6 Å². The van der Waals surface area contributed by atoms with Gasteiger partial charge in [-0.25, -0.2) is 9.37 Å². The third-order valence-corrected chi connectivity index (χ3v) is 3.09. The van der Waals surface area contributed by atoms with Crippen LogP contribution in [-0.2, 0) is 6.42 Å². The minimum atomic E-state index is -0.318. The summed E-state index contributed by atoms with van der Waals surface area (Å²) in [6.07, 6.45) is 3.69. The normalized spacial score (nSPS) is 11.0. The van der Waals surface area contributed by atoms with Crippen molar-refractivity contribution in [2.45, 2.75) is 6.42 Å². The Morgan fingerprint density at radius 1 is 1.28 bits per heavy atom. The van der Waals surface area contributed by atoms with Crippen molar-refractivity contribution < 1.29 is 4.39 Å². The molecule has 0 amide bonds. The highest BCUT2D eigenvalue weighted by molar-refractivity contribution is 6.31. The van der Waals surface area contributed by atoms with E-state index in [0.717, 1.165) is 11.0 Å². The predicted octanol–water partition coefficient (Wildman–Crippen LogP) is 3.34. The lowest BCUT2D eigenvalue weighted by Gasteiger charge is -2.03. The number of pyridine rings is 1. The fourth-order valence-electron chi connectivity index (χ4n) is 1.86. The Labute approximate surface area is 108 Å². The fourth-order valence-corrected chi connectivity index (χ4v) is 2.09. The Morgan fingerprint density at radius 2 is 2.17 bits per heavy atom. The van der Waals surface area contributed by atoms with Crippen molar-refractivity contribution in [3.63, 3.8) is 0 Å². The van der Waals surface area contributed by atoms with E-state index in [4.69, 9.17) is 11.6 Å². The summed E-state index contributed by atoms with van der Waals surface area (Å²) >= 11 is 5.98. The third kappa shape index (κ3) is 1.95. The molecule has 0 unspecified atom stereocenters. The molecule has 90 valence electrons. The minimum Gasteiger partial charge on any atom is -0.340 e. The van der Waals surface area contributed by atoms with Gasteiger partial charge in [-0.05, 0) is 18.2 Å². The van der Waals surface area contributed by atoms with Crippen molar-refractivity contribution in [1.29, 1.82) is 0 Å². The standard InChI is InChI=1S/C13H9ClFN3/c14-9-2-1-3-10(15)8(9)6-13-17-11-4-5-16-7-12(11)18-13/h1-5,7H,6H2,(H,17,18). The number of halogens is 2. The van der Waals surface area contributed by atoms with Gasteiger partial charge < -0.3 is 4.98 Å². The van der Waals surface area contributed by atoms with E-state index in [2.05, 4.69) is 15.0 Å². The van der Waals surface area contributed by atoms with Crippen LogP contribution in [0.5, 0.6) is 0 Å². The number of hydrogen-bond acceptors (Lipinski definition) is 2. The van der Waals surface area contributed by atoms with E-state index in [-0.39, 0.29) is 5.82 Å². The third-order valence-electron chi connectivity index (χ3n) is 2.74. The Balaban J connectivity index is 2.01. The van der Waals surface area contributed by atoms with Gasteiger partial charge >= 0.3 is 0 Å². The highest BCUT2D eigenvalue weighted by atomic mass is 35.5. The Morgan fingerprint density at radius 3 is 2.94 bits per heavy atom. The molecule has 2 heterocycles. The van der Waals surface area contributed by atoms with Gasteiger partial charge in [0.05, 0.1) is 17.2 Å². The molecule has 0 radical (unpaired) electrons. The summed E-state index contributed by atoms with van der Waals surface area (Å²) in [7, 11) is 0. The average Bonchev–Trinajstić information content (AvgIpc) is 2.76. The van der Waals surface area contributed by atoms with Gasteiger partial charge in [-0.1, -0.05) is 17.7 Å². The summed E-state index contributed by atoms with van der Waals surface area (Å²) in [6, 6.07) is 6.46. The molecule has 18 heavy (non-hydrogen) atoms. The monoisotopic (exact) mass is 261 g/mol. The van der Waals surface area contributed by atoms with Crippen LogP contribution in [0.4, 0.5) is 4.39 Å². The lowest BCUT2D eigenvalue weighted by Crippen LogP contribution is -1.95. The van der Waals surface area contributed by atoms with Gasteiger partial charge in [0.15, 0.2) is 0 Å². The van der Waals surface area contributed by atoms with E-state index >= 15 is 0 Å². The maximum absolute atomic E-state index is 13.7. The molecule has 3 aromatic rings. The molecule has 0 saturated heterocycles. The van der Waals surface area contributed by atoms with E-state index in [1.54, 1.807) is 30.6 Å². The van der Waals surface area contributed by atoms with Crippen LogP contribution in [0.15, 0.2) is 36.7 Å². The summed E-state index contributed by atoms with van der Waals surface area (Å²) in [5, 5.41) is 0.411. The fraction of sp³-hybridized carbons (Fsp3) is 0.0769. The van der Waals surface area contributed by atoms with Gasteiger partial charge in [0, 0.05) is 23.2 Å². The van der Waals surface area contributed by atoms with Crippen LogP contribution in [0.25, 0.3) is 11.0 Å². The van der Waals surface area contributed by atoms with E-state index < -0.39 is 0 Å². The van der Waals surface area contributed by atoms with Crippen molar-refractivity contribution in [3.05, 3.63) is 58.9 Å². The van der Waals surface area contributed by atoms with Crippen molar-refractivity contribution in [1.82, 2.24) is 15.0 Å². The topological polar surface area (TPSA) is 41.6 Å². The highest BCUT2D eigenvalue weighted by Crippen LogP contribution is 2.22. The van der Waals surface area contributed by atoms with Crippen LogP contribution in [0.1, 0.15) is 11.4 Å². The maximum Gasteiger partial charge on any atom is 0.128 e. The molecule has 0 aliphatic carbocycles. The molecule has 3 rings (SSSR count). The zero-order valence-corrected chi connectivity index (χ0v) is 10.1. The van der Waals surface area contributed by atoms with Crippen LogP contribution in [0.3, 0.4) is 0 Å². The Kier molecular flexibility index (Phi) is 2.72. The zero-order chi connectivity index (χ0) is 12.5. The van der Waals surface area contributed by atoms with Crippen molar-refractivity contribution in [2.24, 2.45) is 0 Å². The quantitative estimate of drug-likeness (QED) is 0.769. The second-order valence-electron chi connectivity index (χ2n) is 3.95. The smallest absolute Gasteiger partial charge is 0.128 e. The highest BCUT2D eigenvalue weighted by Gasteiger charge is 2.10. The average molecular weight is 262 g/mol. The number of rotatable bonds is 2. The molecule has 2 aromatic heterocycles. The van der Waals surface area contributed by atoms with E-state index in [1.165, 1.54) is 6.07 Å². The number of fused-ring (bicyclic) bond motifs is 1. The van der Waals surface area contributed by atoms with Crippen LogP contribution in [0.2, 0.25) is 5.02 Å². The van der Waals surface area contributed by atoms with Crippen molar-refractivity contribution in [3.8, 4) is 0 Å². The molecule has 0 aliphatic heterocycles. The molecule has 0 atom stereocenters. The van der Waals surface area contributed by atoms with Gasteiger partial charge in [-0.3, -0.25) is 4.98 Å². The maximum atomic E-state index is 13.7. The van der Waals surface area contributed by atoms with E-state index in [1.807, 2.05) is 0 Å². The number of aromatic amines is 1. The van der Waals surface area contributed by atoms with Crippen LogP contribution in [-0.4, -0.2) is 15.0 Å². The number of benzene rings is 1. The molecular weight excluding hydrogens is 253 g/mol. The summed E-state index contributed by atoms with van der Waals surface area (Å²) in [5.41, 5.74) is 2.10. The Hall–Kier alpha value is -1.94. The van der Waals surface area contributed by atoms with Gasteiger partial charge in [0.25, 0.3) is 0 Å². The lowest BCUT2D eigenvalue weighted by atomic mass is 10.1. The van der Waals surface area contributed by atoms with Gasteiger partial charge in [-0.15, -0.1) is 0 Å². The van der Waals surface area contributed by atoms with Crippen LogP contribution >= 0.6 is 11.6 Å². The first-order chi connectivity index (χ1) is 8.74. The molecule has 0 spiro atoms. The van der Waals surface area contributed by atoms with Gasteiger partial charge in [0.2, 0.25) is 0 Å². The van der Waals surface area contributed by atoms with E-state index in [0.29, 0.717) is 22.8 Å². The van der Waals surface area contributed by atoms with Crippen molar-refractivity contribution in [2.75, 3.05) is 0 Å². The summed E-state index contributed by atoms with van der Waals surface area (Å²) in [6.45, 7) is 0. The molecule has 5 heteroatoms. The van der Waals surface area contributed by atoms with E-state index in [9.17, 15) is 4.39 Å². The SMILES string of the molecule is Fc1cccc(Cl)c1Cc1nc2ccncc2[nH]1. The first kappa shape index (κ1) is 11.2. The summed E-state index contributed by atoms with van der Waals surface area (Å²) in [4.78, 5) is 11.5. The predicted molar refractivity (Wildman–Crippen MR) is 68.1 cm³/mol. The molecule has 0 saturated carbocycles. The first-order valence-corrected chi connectivity index (χ1v) is 5.83. The molecular formula is C13H9ClFN3. The number of hydrogen-bond donors (Lipinski definition) is 1. The summed E-state index contributed by atoms with van der Waals surface area (Å²) < 4.78 is 13.7. The number of H-pyrrole nitrogens is 1. The van der Waals surface area contributed by atoms with Crippen LogP contribution in [0, 0.1) is 5.82 Å². The lowest BCUT2D eigenvalue weighted by molar-refractivity contribution is 0.612. The molecule has 1 aromatic carbocycles. The largest absolute Gasteiger partial charge is 0.340 e. The summed E-state index contributed by atoms with van der Waals surface area (Å²) in [5.74, 6) is 0.353. The number of nitrogens with one attached hydrogen (secondary N) is 1. The minimum absolute atomic E-state index is 0.318.